The van der Waals surface area contributed by atoms with Crippen molar-refractivity contribution in [3.63, 3.8) is 0 Å². The van der Waals surface area contributed by atoms with Crippen molar-refractivity contribution in [2.75, 3.05) is 0 Å². The van der Waals surface area contributed by atoms with Crippen LogP contribution < -0.4 is 0 Å². The van der Waals surface area contributed by atoms with E-state index in [0.29, 0.717) is 0 Å². The zero-order chi connectivity index (χ0) is 8.27. The standard InChI is InChI=1S/C10H18O/c1-3-4-9-7-10(11)6-5-8(9)2/h10-11H,3-7H2,1-2H3/p+1. The molecule has 0 spiro atoms. The summed E-state index contributed by atoms with van der Waals surface area (Å²) in [5, 5.41) is 7.64. The average molecular weight is 155 g/mol. The highest BCUT2D eigenvalue weighted by atomic mass is 16.3. The van der Waals surface area contributed by atoms with Crippen molar-refractivity contribution in [1.82, 2.24) is 0 Å². The van der Waals surface area contributed by atoms with Crippen molar-refractivity contribution in [3.05, 3.63) is 11.1 Å². The molecular weight excluding hydrogens is 136 g/mol. The summed E-state index contributed by atoms with van der Waals surface area (Å²) in [5.74, 6) is 0. The van der Waals surface area contributed by atoms with Gasteiger partial charge in [0.15, 0.2) is 6.10 Å². The minimum absolute atomic E-state index is 0.195. The Kier molecular flexibility index (Phi) is 3.13. The van der Waals surface area contributed by atoms with E-state index in [1.54, 1.807) is 11.1 Å². The third-order valence-electron chi connectivity index (χ3n) is 2.52. The van der Waals surface area contributed by atoms with Crippen LogP contribution in [-0.2, 0) is 0 Å². The van der Waals surface area contributed by atoms with Crippen LogP contribution in [0.15, 0.2) is 11.1 Å². The van der Waals surface area contributed by atoms with Crippen LogP contribution in [-0.4, -0.2) is 11.2 Å². The van der Waals surface area contributed by atoms with Crippen molar-refractivity contribution in [3.8, 4) is 0 Å². The molecule has 1 aliphatic rings. The number of allylic oxidation sites excluding steroid dienone is 1. The van der Waals surface area contributed by atoms with Crippen molar-refractivity contribution >= 4 is 0 Å². The van der Waals surface area contributed by atoms with E-state index in [1.165, 1.54) is 19.3 Å². The summed E-state index contributed by atoms with van der Waals surface area (Å²) in [6.07, 6.45) is 5.95. The minimum atomic E-state index is 0.195. The molecule has 0 aliphatic heterocycles. The first kappa shape index (κ1) is 8.79. The maximum atomic E-state index is 7.64. The lowest BCUT2D eigenvalue weighted by atomic mass is 9.88. The molecule has 1 atom stereocenters. The Balaban J connectivity index is 2.56. The normalized spacial score (nSPS) is 25.9. The molecule has 0 radical (unpaired) electrons. The van der Waals surface area contributed by atoms with Crippen molar-refractivity contribution < 1.29 is 5.11 Å². The molecule has 11 heavy (non-hydrogen) atoms. The summed E-state index contributed by atoms with van der Waals surface area (Å²) < 4.78 is 0. The van der Waals surface area contributed by atoms with Gasteiger partial charge in [-0.1, -0.05) is 24.5 Å². The lowest BCUT2D eigenvalue weighted by molar-refractivity contribution is 0.157. The molecule has 0 aromatic carbocycles. The topological polar surface area (TPSA) is 22.9 Å². The van der Waals surface area contributed by atoms with Crippen molar-refractivity contribution in [2.24, 2.45) is 0 Å². The second-order valence-electron chi connectivity index (χ2n) is 3.57. The first-order chi connectivity index (χ1) is 5.24. The fourth-order valence-corrected chi connectivity index (χ4v) is 1.76. The van der Waals surface area contributed by atoms with E-state index in [0.717, 1.165) is 12.8 Å². The highest BCUT2D eigenvalue weighted by molar-refractivity contribution is 5.16. The summed E-state index contributed by atoms with van der Waals surface area (Å²) in [4.78, 5) is 0. The molecule has 1 unspecified atom stereocenters. The van der Waals surface area contributed by atoms with Crippen LogP contribution in [0.2, 0.25) is 0 Å². The van der Waals surface area contributed by atoms with Crippen molar-refractivity contribution in [2.45, 2.75) is 52.1 Å². The molecule has 1 heteroatoms. The summed E-state index contributed by atoms with van der Waals surface area (Å²) in [5.41, 5.74) is 3.13. The Morgan fingerprint density at radius 1 is 1.55 bits per heavy atom. The van der Waals surface area contributed by atoms with Gasteiger partial charge in [0.25, 0.3) is 0 Å². The fourth-order valence-electron chi connectivity index (χ4n) is 1.76. The molecule has 0 aromatic rings. The highest BCUT2D eigenvalue weighted by Gasteiger charge is 2.18. The van der Waals surface area contributed by atoms with Crippen LogP contribution >= 0.6 is 0 Å². The second-order valence-corrected chi connectivity index (χ2v) is 3.57. The van der Waals surface area contributed by atoms with Crippen LogP contribution in [0.3, 0.4) is 0 Å². The fraction of sp³-hybridized carbons (Fsp3) is 0.800. The molecule has 2 N–H and O–H groups in total. The molecule has 0 bridgehead atoms. The van der Waals surface area contributed by atoms with E-state index in [2.05, 4.69) is 13.8 Å². The Labute approximate surface area is 69.1 Å². The molecule has 0 heterocycles. The molecule has 0 amide bonds. The van der Waals surface area contributed by atoms with Gasteiger partial charge in [-0.3, -0.25) is 0 Å². The third kappa shape index (κ3) is 2.33. The van der Waals surface area contributed by atoms with E-state index in [-0.39, 0.29) is 6.10 Å². The molecule has 1 rings (SSSR count). The molecule has 0 saturated carbocycles. The first-order valence-electron chi connectivity index (χ1n) is 4.62. The maximum absolute atomic E-state index is 7.64. The number of hydrogen-bond donors (Lipinski definition) is 0. The first-order valence-corrected chi connectivity index (χ1v) is 4.62. The van der Waals surface area contributed by atoms with Gasteiger partial charge in [-0.25, -0.2) is 0 Å². The van der Waals surface area contributed by atoms with Gasteiger partial charge in [-0.2, -0.15) is 0 Å². The summed E-state index contributed by atoms with van der Waals surface area (Å²) in [6, 6.07) is 0. The molecule has 0 fully saturated rings. The van der Waals surface area contributed by atoms with Crippen molar-refractivity contribution in [1.29, 1.82) is 0 Å². The summed E-state index contributed by atoms with van der Waals surface area (Å²) >= 11 is 0. The predicted octanol–water partition coefficient (Wildman–Crippen LogP) is 2.38. The minimum Gasteiger partial charge on any atom is -0.443 e. The molecule has 64 valence electrons. The lowest BCUT2D eigenvalue weighted by Crippen LogP contribution is -2.13. The van der Waals surface area contributed by atoms with Gasteiger partial charge >= 0.3 is 0 Å². The van der Waals surface area contributed by atoms with Gasteiger partial charge in [0.05, 0.1) is 0 Å². The van der Waals surface area contributed by atoms with Crippen LogP contribution in [0.4, 0.5) is 0 Å². The van der Waals surface area contributed by atoms with Crippen LogP contribution in [0.25, 0.3) is 0 Å². The Morgan fingerprint density at radius 3 is 2.91 bits per heavy atom. The van der Waals surface area contributed by atoms with Crippen LogP contribution in [0.1, 0.15) is 46.0 Å². The van der Waals surface area contributed by atoms with Gasteiger partial charge in [0.2, 0.25) is 0 Å². The smallest absolute Gasteiger partial charge is 0.157 e. The quantitative estimate of drug-likeness (QED) is 0.431. The second kappa shape index (κ2) is 3.91. The Hall–Kier alpha value is -0.300. The monoisotopic (exact) mass is 155 g/mol. The molecule has 1 nitrogen and oxygen atoms in total. The summed E-state index contributed by atoms with van der Waals surface area (Å²) in [6.45, 7) is 4.45. The van der Waals surface area contributed by atoms with E-state index < -0.39 is 0 Å². The molecule has 0 saturated heterocycles. The number of hydrogen-bond acceptors (Lipinski definition) is 0. The SMILES string of the molecule is CCCC1=C(C)CCC([OH2+])C1. The van der Waals surface area contributed by atoms with Crippen LogP contribution in [0, 0.1) is 0 Å². The van der Waals surface area contributed by atoms with Gasteiger partial charge < -0.3 is 5.11 Å². The summed E-state index contributed by atoms with van der Waals surface area (Å²) in [7, 11) is 0. The van der Waals surface area contributed by atoms with Gasteiger partial charge in [-0.05, 0) is 19.8 Å². The Bertz CT molecular complexity index is 158. The zero-order valence-electron chi connectivity index (χ0n) is 7.61. The predicted molar refractivity (Wildman–Crippen MR) is 48.9 cm³/mol. The average Bonchev–Trinajstić information content (AvgIpc) is 1.98. The largest absolute Gasteiger partial charge is 0.443 e. The van der Waals surface area contributed by atoms with Gasteiger partial charge in [0, 0.05) is 12.8 Å². The third-order valence-corrected chi connectivity index (χ3v) is 2.52. The zero-order valence-corrected chi connectivity index (χ0v) is 7.61. The lowest BCUT2D eigenvalue weighted by Gasteiger charge is -2.19. The molecule has 1 aliphatic carbocycles. The van der Waals surface area contributed by atoms with Gasteiger partial charge in [-0.15, -0.1) is 0 Å². The van der Waals surface area contributed by atoms with Crippen LogP contribution in [0.5, 0.6) is 0 Å². The highest BCUT2D eigenvalue weighted by Crippen LogP contribution is 2.27. The molecule has 0 aromatic heterocycles. The number of rotatable bonds is 2. The van der Waals surface area contributed by atoms with E-state index >= 15 is 0 Å². The Morgan fingerprint density at radius 2 is 2.27 bits per heavy atom. The van der Waals surface area contributed by atoms with E-state index in [1.807, 2.05) is 0 Å². The maximum Gasteiger partial charge on any atom is 0.157 e. The van der Waals surface area contributed by atoms with Gasteiger partial charge in [0.1, 0.15) is 0 Å². The molecular formula is C10H19O+. The van der Waals surface area contributed by atoms with E-state index in [9.17, 15) is 0 Å². The van der Waals surface area contributed by atoms with E-state index in [4.69, 9.17) is 5.11 Å².